The van der Waals surface area contributed by atoms with E-state index in [0.29, 0.717) is 22.0 Å². The molecule has 0 spiro atoms. The van der Waals surface area contributed by atoms with E-state index in [1.165, 1.54) is 10.6 Å². The van der Waals surface area contributed by atoms with E-state index in [-0.39, 0.29) is 17.8 Å². The van der Waals surface area contributed by atoms with Gasteiger partial charge in [-0.2, -0.15) is 0 Å². The molecule has 0 radical (unpaired) electrons. The summed E-state index contributed by atoms with van der Waals surface area (Å²) in [6.45, 7) is -0.326. The molecule has 3 rings (SSSR count). The van der Waals surface area contributed by atoms with Gasteiger partial charge in [-0.3, -0.25) is 0 Å². The lowest BCUT2D eigenvalue weighted by atomic mass is 10.2. The molecule has 1 aromatic heterocycles. The minimum Gasteiger partial charge on any atom is -0.477 e. The molecule has 0 bridgehead atoms. The predicted octanol–water partition coefficient (Wildman–Crippen LogP) is 4.46. The highest BCUT2D eigenvalue weighted by Crippen LogP contribution is 2.26. The summed E-state index contributed by atoms with van der Waals surface area (Å²) < 4.78 is 41.8. The van der Waals surface area contributed by atoms with E-state index >= 15 is 0 Å². The SMILES string of the molecule is O=C(O)c1cc2cc(Cl)ccc2n1Cc1cc(F)cc(F)c1F. The Morgan fingerprint density at radius 2 is 1.87 bits per heavy atom. The van der Waals surface area contributed by atoms with E-state index in [9.17, 15) is 23.1 Å². The molecule has 3 nitrogen and oxygen atoms in total. The molecule has 0 amide bonds. The van der Waals surface area contributed by atoms with Crippen molar-refractivity contribution in [2.24, 2.45) is 0 Å². The molecule has 1 N–H and O–H groups in total. The largest absolute Gasteiger partial charge is 0.477 e. The van der Waals surface area contributed by atoms with E-state index in [1.54, 1.807) is 18.2 Å². The quantitative estimate of drug-likeness (QED) is 0.716. The zero-order valence-corrected chi connectivity index (χ0v) is 12.2. The number of nitrogens with zero attached hydrogens (tertiary/aromatic N) is 1. The molecular formula is C16H9ClF3NO2. The zero-order chi connectivity index (χ0) is 16.7. The molecule has 0 fully saturated rings. The number of aromatic carboxylic acids is 1. The summed E-state index contributed by atoms with van der Waals surface area (Å²) in [6, 6.07) is 7.32. The molecule has 0 unspecified atom stereocenters. The molecule has 118 valence electrons. The van der Waals surface area contributed by atoms with Gasteiger partial charge in [0.15, 0.2) is 11.6 Å². The van der Waals surface area contributed by atoms with Crippen LogP contribution in [-0.4, -0.2) is 15.6 Å². The number of aromatic nitrogens is 1. The molecule has 2 aromatic carbocycles. The maximum atomic E-state index is 13.8. The van der Waals surface area contributed by atoms with Crippen LogP contribution in [0.1, 0.15) is 16.1 Å². The maximum Gasteiger partial charge on any atom is 0.352 e. The smallest absolute Gasteiger partial charge is 0.352 e. The van der Waals surface area contributed by atoms with Crippen molar-refractivity contribution in [3.63, 3.8) is 0 Å². The van der Waals surface area contributed by atoms with E-state index in [4.69, 9.17) is 11.6 Å². The highest BCUT2D eigenvalue weighted by molar-refractivity contribution is 6.31. The Morgan fingerprint density at radius 1 is 1.13 bits per heavy atom. The number of fused-ring (bicyclic) bond motifs is 1. The first kappa shape index (κ1) is 15.4. The fraction of sp³-hybridized carbons (Fsp3) is 0.0625. The fourth-order valence-corrected chi connectivity index (χ4v) is 2.66. The summed E-state index contributed by atoms with van der Waals surface area (Å²) in [5.74, 6) is -4.71. The third-order valence-corrected chi connectivity index (χ3v) is 3.71. The summed E-state index contributed by atoms with van der Waals surface area (Å²) in [5.41, 5.74) is 0.0552. The molecule has 1 heterocycles. The second kappa shape index (κ2) is 5.62. The summed E-state index contributed by atoms with van der Waals surface area (Å²) in [7, 11) is 0. The van der Waals surface area contributed by atoms with Crippen LogP contribution in [-0.2, 0) is 6.54 Å². The minimum atomic E-state index is -1.32. The number of hydrogen-bond acceptors (Lipinski definition) is 1. The minimum absolute atomic E-state index is 0.133. The van der Waals surface area contributed by atoms with Crippen LogP contribution in [0, 0.1) is 17.5 Å². The monoisotopic (exact) mass is 339 g/mol. The lowest BCUT2D eigenvalue weighted by molar-refractivity contribution is 0.0686. The molecule has 0 atom stereocenters. The van der Waals surface area contributed by atoms with Crippen LogP contribution in [0.4, 0.5) is 13.2 Å². The number of carboxylic acids is 1. The first-order chi connectivity index (χ1) is 10.9. The van der Waals surface area contributed by atoms with Crippen LogP contribution in [0.25, 0.3) is 10.9 Å². The Balaban J connectivity index is 2.20. The number of rotatable bonds is 3. The van der Waals surface area contributed by atoms with E-state index in [0.717, 1.165) is 6.07 Å². The summed E-state index contributed by atoms with van der Waals surface area (Å²) in [6.07, 6.45) is 0. The third-order valence-electron chi connectivity index (χ3n) is 3.48. The molecular weight excluding hydrogens is 331 g/mol. The van der Waals surface area contributed by atoms with Crippen molar-refractivity contribution in [2.75, 3.05) is 0 Å². The Hall–Kier alpha value is -2.47. The number of hydrogen-bond donors (Lipinski definition) is 1. The molecule has 0 aliphatic heterocycles. The van der Waals surface area contributed by atoms with Crippen molar-refractivity contribution in [3.8, 4) is 0 Å². The van der Waals surface area contributed by atoms with Gasteiger partial charge in [0.25, 0.3) is 0 Å². The topological polar surface area (TPSA) is 42.2 Å². The van der Waals surface area contributed by atoms with Crippen LogP contribution in [0.15, 0.2) is 36.4 Å². The van der Waals surface area contributed by atoms with E-state index in [2.05, 4.69) is 0 Å². The summed E-state index contributed by atoms with van der Waals surface area (Å²) in [5, 5.41) is 10.2. The van der Waals surface area contributed by atoms with Gasteiger partial charge in [0.05, 0.1) is 6.54 Å². The average Bonchev–Trinajstić information content (AvgIpc) is 2.82. The number of carbonyl (C=O) groups is 1. The first-order valence-corrected chi connectivity index (χ1v) is 6.90. The highest BCUT2D eigenvalue weighted by atomic mass is 35.5. The Morgan fingerprint density at radius 3 is 2.57 bits per heavy atom. The van der Waals surface area contributed by atoms with Crippen molar-refractivity contribution in [3.05, 3.63) is 70.1 Å². The number of benzene rings is 2. The van der Waals surface area contributed by atoms with Gasteiger partial charge in [-0.25, -0.2) is 18.0 Å². The summed E-state index contributed by atoms with van der Waals surface area (Å²) in [4.78, 5) is 11.4. The molecule has 23 heavy (non-hydrogen) atoms. The molecule has 3 aromatic rings. The van der Waals surface area contributed by atoms with Crippen LogP contribution in [0.3, 0.4) is 0 Å². The summed E-state index contributed by atoms with van der Waals surface area (Å²) >= 11 is 5.87. The highest BCUT2D eigenvalue weighted by Gasteiger charge is 2.18. The predicted molar refractivity (Wildman–Crippen MR) is 79.3 cm³/mol. The second-order valence-corrected chi connectivity index (χ2v) is 5.42. The maximum absolute atomic E-state index is 13.8. The van der Waals surface area contributed by atoms with Crippen LogP contribution < -0.4 is 0 Å². The molecule has 0 saturated carbocycles. The van der Waals surface area contributed by atoms with Crippen molar-refractivity contribution in [1.82, 2.24) is 4.57 Å². The van der Waals surface area contributed by atoms with Crippen LogP contribution in [0.2, 0.25) is 5.02 Å². The molecule has 0 aliphatic carbocycles. The van der Waals surface area contributed by atoms with Crippen molar-refractivity contribution in [1.29, 1.82) is 0 Å². The first-order valence-electron chi connectivity index (χ1n) is 6.52. The lowest BCUT2D eigenvalue weighted by Crippen LogP contribution is -2.11. The van der Waals surface area contributed by atoms with Gasteiger partial charge in [-0.1, -0.05) is 11.6 Å². The number of carboxylic acid groups (broad SMARTS) is 1. The normalized spacial score (nSPS) is 11.1. The van der Waals surface area contributed by atoms with Gasteiger partial charge < -0.3 is 9.67 Å². The van der Waals surface area contributed by atoms with Crippen molar-refractivity contribution < 1.29 is 23.1 Å². The van der Waals surface area contributed by atoms with Gasteiger partial charge in [0, 0.05) is 27.6 Å². The van der Waals surface area contributed by atoms with E-state index in [1.807, 2.05) is 0 Å². The second-order valence-electron chi connectivity index (χ2n) is 4.98. The lowest BCUT2D eigenvalue weighted by Gasteiger charge is -2.10. The Bertz CT molecular complexity index is 937. The van der Waals surface area contributed by atoms with Crippen molar-refractivity contribution in [2.45, 2.75) is 6.54 Å². The third kappa shape index (κ3) is 2.77. The van der Waals surface area contributed by atoms with E-state index < -0.39 is 23.4 Å². The van der Waals surface area contributed by atoms with Gasteiger partial charge in [-0.15, -0.1) is 0 Å². The van der Waals surface area contributed by atoms with Crippen LogP contribution >= 0.6 is 11.6 Å². The van der Waals surface area contributed by atoms with Gasteiger partial charge in [-0.05, 0) is 30.3 Å². The molecule has 7 heteroatoms. The average molecular weight is 340 g/mol. The molecule has 0 aliphatic rings. The van der Waals surface area contributed by atoms with Gasteiger partial charge in [0.2, 0.25) is 0 Å². The van der Waals surface area contributed by atoms with Gasteiger partial charge >= 0.3 is 5.97 Å². The Labute approximate surface area is 133 Å². The fourth-order valence-electron chi connectivity index (χ4n) is 2.48. The molecule has 0 saturated heterocycles. The van der Waals surface area contributed by atoms with Gasteiger partial charge in [0.1, 0.15) is 11.5 Å². The zero-order valence-electron chi connectivity index (χ0n) is 11.5. The standard InChI is InChI=1S/C16H9ClF3NO2/c17-10-1-2-13-8(3-10)5-14(16(22)23)21(13)7-9-4-11(18)6-12(19)15(9)20/h1-6H,7H2,(H,22,23). The number of halogens is 4. The van der Waals surface area contributed by atoms with Crippen molar-refractivity contribution >= 4 is 28.5 Å². The van der Waals surface area contributed by atoms with Crippen LogP contribution in [0.5, 0.6) is 0 Å². The Kier molecular flexibility index (Phi) is 3.77.